The fourth-order valence-corrected chi connectivity index (χ4v) is 2.78. The summed E-state index contributed by atoms with van der Waals surface area (Å²) in [6.07, 6.45) is 3.64. The Labute approximate surface area is 118 Å². The molecule has 1 fully saturated rings. The number of carbonyl (C=O) groups is 1. The summed E-state index contributed by atoms with van der Waals surface area (Å²) in [4.78, 5) is 14.4. The molecule has 1 atom stereocenters. The predicted molar refractivity (Wildman–Crippen MR) is 76.2 cm³/mol. The molecule has 0 spiro atoms. The lowest BCUT2D eigenvalue weighted by Crippen LogP contribution is -2.44. The van der Waals surface area contributed by atoms with Crippen molar-refractivity contribution in [3.8, 4) is 0 Å². The molecule has 2 rings (SSSR count). The number of aliphatic hydroxyl groups excluding tert-OH is 1. The normalized spacial score (nSPS) is 19.5. The quantitative estimate of drug-likeness (QED) is 0.836. The zero-order valence-electron chi connectivity index (χ0n) is 10.8. The van der Waals surface area contributed by atoms with Gasteiger partial charge in [0.15, 0.2) is 0 Å². The molecule has 0 saturated carbocycles. The molecule has 0 aromatic heterocycles. The van der Waals surface area contributed by atoms with Gasteiger partial charge < -0.3 is 15.7 Å². The van der Waals surface area contributed by atoms with E-state index in [4.69, 9.17) is 22.4 Å². The van der Waals surface area contributed by atoms with Crippen molar-refractivity contribution in [2.24, 2.45) is 0 Å². The van der Waals surface area contributed by atoms with Crippen LogP contribution < -0.4 is 5.73 Å². The number of rotatable bonds is 3. The van der Waals surface area contributed by atoms with Crippen LogP contribution in [-0.2, 0) is 0 Å². The monoisotopic (exact) mass is 282 g/mol. The fraction of sp³-hybridized carbons (Fsp3) is 0.500. The largest absolute Gasteiger partial charge is 0.399 e. The minimum Gasteiger partial charge on any atom is -0.399 e. The highest BCUT2D eigenvalue weighted by Crippen LogP contribution is 2.26. The van der Waals surface area contributed by atoms with Crippen LogP contribution in [0.4, 0.5) is 5.69 Å². The van der Waals surface area contributed by atoms with Crippen molar-refractivity contribution in [3.05, 3.63) is 28.8 Å². The van der Waals surface area contributed by atoms with E-state index in [-0.39, 0.29) is 18.6 Å². The number of anilines is 1. The second kappa shape index (κ2) is 6.26. The summed E-state index contributed by atoms with van der Waals surface area (Å²) in [6, 6.07) is 5.05. The van der Waals surface area contributed by atoms with Crippen LogP contribution in [0.25, 0.3) is 0 Å². The number of amides is 1. The van der Waals surface area contributed by atoms with E-state index in [2.05, 4.69) is 0 Å². The van der Waals surface area contributed by atoms with Crippen molar-refractivity contribution in [1.82, 2.24) is 4.90 Å². The molecule has 5 heteroatoms. The zero-order chi connectivity index (χ0) is 13.8. The minimum absolute atomic E-state index is 0.0875. The fourth-order valence-electron chi connectivity index (χ4n) is 2.58. The van der Waals surface area contributed by atoms with Gasteiger partial charge in [0.1, 0.15) is 0 Å². The van der Waals surface area contributed by atoms with Gasteiger partial charge in [-0.1, -0.05) is 11.6 Å². The molecule has 4 nitrogen and oxygen atoms in total. The topological polar surface area (TPSA) is 66.6 Å². The molecule has 3 N–H and O–H groups in total. The lowest BCUT2D eigenvalue weighted by Gasteiger charge is -2.35. The molecule has 0 bridgehead atoms. The molecule has 1 unspecified atom stereocenters. The third-order valence-electron chi connectivity index (χ3n) is 3.57. The molecule has 1 aliphatic rings. The van der Waals surface area contributed by atoms with Gasteiger partial charge in [-0.3, -0.25) is 4.79 Å². The third-order valence-corrected chi connectivity index (χ3v) is 3.90. The Morgan fingerprint density at radius 3 is 3.00 bits per heavy atom. The Morgan fingerprint density at radius 2 is 2.26 bits per heavy atom. The number of nitrogen functional groups attached to an aromatic ring is 1. The average molecular weight is 283 g/mol. The SMILES string of the molecule is Nc1ccc(Cl)c(C(=O)N2CCCCC2CCO)c1. The van der Waals surface area contributed by atoms with E-state index in [1.165, 1.54) is 0 Å². The van der Waals surface area contributed by atoms with E-state index in [0.717, 1.165) is 19.3 Å². The molecular weight excluding hydrogens is 264 g/mol. The molecule has 1 heterocycles. The number of likely N-dealkylation sites (tertiary alicyclic amines) is 1. The standard InChI is InChI=1S/C14H19ClN2O2/c15-13-5-4-10(16)9-12(13)14(19)17-7-2-1-3-11(17)6-8-18/h4-5,9,11,18H,1-3,6-8,16H2. The molecule has 1 amide bonds. The highest BCUT2D eigenvalue weighted by Gasteiger charge is 2.28. The number of hydrogen-bond acceptors (Lipinski definition) is 3. The Bertz CT molecular complexity index is 463. The number of nitrogens with two attached hydrogens (primary N) is 1. The van der Waals surface area contributed by atoms with Gasteiger partial charge in [-0.05, 0) is 43.9 Å². The summed E-state index contributed by atoms with van der Waals surface area (Å²) >= 11 is 6.08. The number of aliphatic hydroxyl groups is 1. The summed E-state index contributed by atoms with van der Waals surface area (Å²) in [5.74, 6) is -0.0875. The smallest absolute Gasteiger partial charge is 0.255 e. The van der Waals surface area contributed by atoms with Crippen LogP contribution >= 0.6 is 11.6 Å². The molecule has 19 heavy (non-hydrogen) atoms. The van der Waals surface area contributed by atoms with Crippen LogP contribution in [0.1, 0.15) is 36.0 Å². The Balaban J connectivity index is 2.23. The highest BCUT2D eigenvalue weighted by atomic mass is 35.5. The summed E-state index contributed by atoms with van der Waals surface area (Å²) in [5, 5.41) is 9.53. The van der Waals surface area contributed by atoms with Crippen molar-refractivity contribution < 1.29 is 9.90 Å². The first-order chi connectivity index (χ1) is 9.13. The van der Waals surface area contributed by atoms with Crippen molar-refractivity contribution in [3.63, 3.8) is 0 Å². The van der Waals surface area contributed by atoms with E-state index in [1.807, 2.05) is 4.90 Å². The Hall–Kier alpha value is -1.26. The van der Waals surface area contributed by atoms with Gasteiger partial charge >= 0.3 is 0 Å². The Kier molecular flexibility index (Phi) is 4.66. The zero-order valence-corrected chi connectivity index (χ0v) is 11.6. The van der Waals surface area contributed by atoms with E-state index in [1.54, 1.807) is 18.2 Å². The molecular formula is C14H19ClN2O2. The first-order valence-electron chi connectivity index (χ1n) is 6.60. The van der Waals surface area contributed by atoms with Crippen LogP contribution in [0.15, 0.2) is 18.2 Å². The van der Waals surface area contributed by atoms with E-state index in [0.29, 0.717) is 29.2 Å². The maximum Gasteiger partial charge on any atom is 0.255 e. The lowest BCUT2D eigenvalue weighted by molar-refractivity contribution is 0.0575. The number of nitrogens with zero attached hydrogens (tertiary/aromatic N) is 1. The first kappa shape index (κ1) is 14.2. The lowest BCUT2D eigenvalue weighted by atomic mass is 9.98. The van der Waals surface area contributed by atoms with Crippen LogP contribution in [0, 0.1) is 0 Å². The van der Waals surface area contributed by atoms with Gasteiger partial charge in [-0.15, -0.1) is 0 Å². The summed E-state index contributed by atoms with van der Waals surface area (Å²) in [5.41, 5.74) is 6.70. The van der Waals surface area contributed by atoms with Crippen molar-refractivity contribution in [1.29, 1.82) is 0 Å². The highest BCUT2D eigenvalue weighted by molar-refractivity contribution is 6.34. The number of piperidine rings is 1. The predicted octanol–water partition coefficient (Wildman–Crippen LogP) is 2.30. The van der Waals surface area contributed by atoms with Crippen molar-refractivity contribution in [2.45, 2.75) is 31.7 Å². The number of hydrogen-bond donors (Lipinski definition) is 2. The van der Waals surface area contributed by atoms with Gasteiger partial charge in [0, 0.05) is 24.9 Å². The van der Waals surface area contributed by atoms with E-state index < -0.39 is 0 Å². The van der Waals surface area contributed by atoms with E-state index in [9.17, 15) is 4.79 Å². The number of benzene rings is 1. The Morgan fingerprint density at radius 1 is 1.47 bits per heavy atom. The van der Waals surface area contributed by atoms with Gasteiger partial charge in [-0.2, -0.15) is 0 Å². The average Bonchev–Trinajstić information content (AvgIpc) is 2.42. The van der Waals surface area contributed by atoms with Crippen LogP contribution in [0.2, 0.25) is 5.02 Å². The van der Waals surface area contributed by atoms with Crippen molar-refractivity contribution >= 4 is 23.2 Å². The summed E-state index contributed by atoms with van der Waals surface area (Å²) in [7, 11) is 0. The summed E-state index contributed by atoms with van der Waals surface area (Å²) < 4.78 is 0. The maximum absolute atomic E-state index is 12.6. The van der Waals surface area contributed by atoms with E-state index >= 15 is 0 Å². The van der Waals surface area contributed by atoms with Crippen LogP contribution in [0.3, 0.4) is 0 Å². The summed E-state index contributed by atoms with van der Waals surface area (Å²) in [6.45, 7) is 0.813. The van der Waals surface area contributed by atoms with Crippen molar-refractivity contribution in [2.75, 3.05) is 18.9 Å². The second-order valence-electron chi connectivity index (χ2n) is 4.90. The maximum atomic E-state index is 12.6. The third kappa shape index (κ3) is 3.19. The molecule has 1 aliphatic heterocycles. The molecule has 1 aromatic carbocycles. The van der Waals surface area contributed by atoms with Crippen LogP contribution in [0.5, 0.6) is 0 Å². The molecule has 1 aromatic rings. The van der Waals surface area contributed by atoms with Gasteiger partial charge in [0.2, 0.25) is 0 Å². The second-order valence-corrected chi connectivity index (χ2v) is 5.31. The van der Waals surface area contributed by atoms with Gasteiger partial charge in [0.25, 0.3) is 5.91 Å². The minimum atomic E-state index is -0.0875. The number of carbonyl (C=O) groups excluding carboxylic acids is 1. The van der Waals surface area contributed by atoms with Crippen LogP contribution in [-0.4, -0.2) is 35.1 Å². The number of halogens is 1. The first-order valence-corrected chi connectivity index (χ1v) is 6.98. The molecule has 0 radical (unpaired) electrons. The molecule has 0 aliphatic carbocycles. The molecule has 104 valence electrons. The van der Waals surface area contributed by atoms with Gasteiger partial charge in [-0.25, -0.2) is 0 Å². The molecule has 1 saturated heterocycles. The van der Waals surface area contributed by atoms with Gasteiger partial charge in [0.05, 0.1) is 10.6 Å².